The van der Waals surface area contributed by atoms with E-state index < -0.39 is 5.97 Å². The van der Waals surface area contributed by atoms with Gasteiger partial charge in [0.1, 0.15) is 5.75 Å². The smallest absolute Gasteiger partial charge is 0.335 e. The van der Waals surface area contributed by atoms with Crippen molar-refractivity contribution in [3.63, 3.8) is 0 Å². The zero-order chi connectivity index (χ0) is 16.5. The van der Waals surface area contributed by atoms with Gasteiger partial charge in [-0.2, -0.15) is 0 Å². The predicted octanol–water partition coefficient (Wildman–Crippen LogP) is 3.77. The molecule has 0 fully saturated rings. The third kappa shape index (κ3) is 7.46. The summed E-state index contributed by atoms with van der Waals surface area (Å²) in [7, 11) is 0. The van der Waals surface area contributed by atoms with Gasteiger partial charge in [0, 0.05) is 19.6 Å². The molecule has 124 valence electrons. The van der Waals surface area contributed by atoms with Crippen LogP contribution in [-0.2, 0) is 0 Å². The van der Waals surface area contributed by atoms with Crippen molar-refractivity contribution in [3.8, 4) is 5.75 Å². The van der Waals surface area contributed by atoms with Gasteiger partial charge in [0.2, 0.25) is 0 Å². The Labute approximate surface area is 134 Å². The molecule has 0 saturated heterocycles. The minimum absolute atomic E-state index is 0.285. The lowest BCUT2D eigenvalue weighted by molar-refractivity contribution is 0.0697. The number of carboxylic acid groups (broad SMARTS) is 1. The molecule has 1 N–H and O–H groups in total. The Morgan fingerprint density at radius 3 is 2.09 bits per heavy atom. The molecule has 0 aromatic heterocycles. The van der Waals surface area contributed by atoms with E-state index in [1.54, 1.807) is 24.3 Å². The molecule has 0 atom stereocenters. The molecule has 0 spiro atoms. The zero-order valence-corrected chi connectivity index (χ0v) is 14.2. The van der Waals surface area contributed by atoms with Crippen LogP contribution in [0.4, 0.5) is 0 Å². The Hall–Kier alpha value is -1.55. The van der Waals surface area contributed by atoms with Gasteiger partial charge in [-0.1, -0.05) is 27.7 Å². The van der Waals surface area contributed by atoms with E-state index in [4.69, 9.17) is 9.84 Å². The molecule has 1 aromatic carbocycles. The van der Waals surface area contributed by atoms with Gasteiger partial charge in [-0.3, -0.25) is 0 Å². The first-order valence-corrected chi connectivity index (χ1v) is 8.07. The van der Waals surface area contributed by atoms with Gasteiger partial charge in [-0.25, -0.2) is 4.79 Å². The molecule has 0 saturated carbocycles. The molecule has 0 aliphatic heterocycles. The summed E-state index contributed by atoms with van der Waals surface area (Å²) in [5.41, 5.74) is 0.285. The maximum Gasteiger partial charge on any atom is 0.335 e. The van der Waals surface area contributed by atoms with Crippen molar-refractivity contribution in [1.29, 1.82) is 0 Å². The number of rotatable bonds is 10. The van der Waals surface area contributed by atoms with E-state index in [9.17, 15) is 4.79 Å². The lowest BCUT2D eigenvalue weighted by Gasteiger charge is -2.26. The van der Waals surface area contributed by atoms with Crippen LogP contribution < -0.4 is 4.74 Å². The largest absolute Gasteiger partial charge is 0.494 e. The van der Waals surface area contributed by atoms with Crippen molar-refractivity contribution in [1.82, 2.24) is 4.90 Å². The van der Waals surface area contributed by atoms with Gasteiger partial charge >= 0.3 is 5.97 Å². The second-order valence-corrected chi connectivity index (χ2v) is 6.58. The summed E-state index contributed by atoms with van der Waals surface area (Å²) in [6, 6.07) is 6.57. The minimum Gasteiger partial charge on any atom is -0.494 e. The average Bonchev–Trinajstić information content (AvgIpc) is 2.42. The summed E-state index contributed by atoms with van der Waals surface area (Å²) in [6.07, 6.45) is 0.972. The maximum atomic E-state index is 10.8. The van der Waals surface area contributed by atoms with Crippen LogP contribution >= 0.6 is 0 Å². The Morgan fingerprint density at radius 2 is 1.64 bits per heavy atom. The van der Waals surface area contributed by atoms with Crippen molar-refractivity contribution < 1.29 is 14.6 Å². The lowest BCUT2D eigenvalue weighted by atomic mass is 10.1. The van der Waals surface area contributed by atoms with Crippen LogP contribution in [0, 0.1) is 11.8 Å². The first-order chi connectivity index (χ1) is 10.4. The van der Waals surface area contributed by atoms with E-state index in [0.717, 1.165) is 31.8 Å². The molecule has 4 heteroatoms. The highest BCUT2D eigenvalue weighted by molar-refractivity contribution is 5.87. The number of benzene rings is 1. The average molecular weight is 307 g/mol. The second-order valence-electron chi connectivity index (χ2n) is 6.58. The highest BCUT2D eigenvalue weighted by Crippen LogP contribution is 2.13. The fourth-order valence-electron chi connectivity index (χ4n) is 2.46. The van der Waals surface area contributed by atoms with Crippen molar-refractivity contribution in [2.45, 2.75) is 34.1 Å². The van der Waals surface area contributed by atoms with Gasteiger partial charge in [0.25, 0.3) is 0 Å². The van der Waals surface area contributed by atoms with Crippen LogP contribution in [0.3, 0.4) is 0 Å². The second kappa shape index (κ2) is 9.46. The number of carboxylic acids is 1. The molecular formula is C18H29NO3. The third-order valence-corrected chi connectivity index (χ3v) is 3.24. The Balaban J connectivity index is 2.34. The molecule has 22 heavy (non-hydrogen) atoms. The zero-order valence-electron chi connectivity index (χ0n) is 14.2. The normalized spacial score (nSPS) is 11.4. The molecule has 0 amide bonds. The van der Waals surface area contributed by atoms with Crippen molar-refractivity contribution in [3.05, 3.63) is 29.8 Å². The third-order valence-electron chi connectivity index (χ3n) is 3.24. The molecule has 4 nitrogen and oxygen atoms in total. The molecule has 0 bridgehead atoms. The fourth-order valence-corrected chi connectivity index (χ4v) is 2.46. The molecule has 1 aromatic rings. The maximum absolute atomic E-state index is 10.8. The molecule has 0 aliphatic carbocycles. The number of hydrogen-bond acceptors (Lipinski definition) is 3. The molecular weight excluding hydrogens is 278 g/mol. The van der Waals surface area contributed by atoms with E-state index in [1.165, 1.54) is 0 Å². The highest BCUT2D eigenvalue weighted by Gasteiger charge is 2.09. The van der Waals surface area contributed by atoms with Gasteiger partial charge in [0.15, 0.2) is 0 Å². The van der Waals surface area contributed by atoms with Crippen LogP contribution in [0.5, 0.6) is 5.75 Å². The van der Waals surface area contributed by atoms with Crippen molar-refractivity contribution in [2.24, 2.45) is 11.8 Å². The SMILES string of the molecule is CC(C)CN(CCCOc1ccc(C(=O)O)cc1)CC(C)C. The number of nitrogens with zero attached hydrogens (tertiary/aromatic N) is 1. The summed E-state index contributed by atoms with van der Waals surface area (Å²) < 4.78 is 5.68. The lowest BCUT2D eigenvalue weighted by Crippen LogP contribution is -2.33. The summed E-state index contributed by atoms with van der Waals surface area (Å²) in [6.45, 7) is 12.9. The van der Waals surface area contributed by atoms with E-state index >= 15 is 0 Å². The van der Waals surface area contributed by atoms with Crippen molar-refractivity contribution in [2.75, 3.05) is 26.2 Å². The van der Waals surface area contributed by atoms with Crippen LogP contribution in [0.25, 0.3) is 0 Å². The summed E-state index contributed by atoms with van der Waals surface area (Å²) in [5, 5.41) is 8.85. The van der Waals surface area contributed by atoms with Gasteiger partial charge in [-0.15, -0.1) is 0 Å². The Morgan fingerprint density at radius 1 is 1.09 bits per heavy atom. The van der Waals surface area contributed by atoms with Gasteiger partial charge in [-0.05, 0) is 42.5 Å². The molecule has 0 radical (unpaired) electrons. The predicted molar refractivity (Wildman–Crippen MR) is 89.6 cm³/mol. The molecule has 1 rings (SSSR count). The summed E-state index contributed by atoms with van der Waals surface area (Å²) in [4.78, 5) is 13.3. The molecule has 0 aliphatic rings. The first kappa shape index (κ1) is 18.5. The first-order valence-electron chi connectivity index (χ1n) is 8.07. The van der Waals surface area contributed by atoms with Gasteiger partial charge in [0.05, 0.1) is 12.2 Å². The Bertz CT molecular complexity index is 430. The number of hydrogen-bond donors (Lipinski definition) is 1. The van der Waals surface area contributed by atoms with Crippen LogP contribution in [0.15, 0.2) is 24.3 Å². The standard InChI is InChI=1S/C18H29NO3/c1-14(2)12-19(13-15(3)4)10-5-11-22-17-8-6-16(7-9-17)18(20)21/h6-9,14-15H,5,10-13H2,1-4H3,(H,20,21). The molecule has 0 unspecified atom stereocenters. The van der Waals surface area contributed by atoms with E-state index in [1.807, 2.05) is 0 Å². The van der Waals surface area contributed by atoms with Crippen molar-refractivity contribution >= 4 is 5.97 Å². The minimum atomic E-state index is -0.912. The van der Waals surface area contributed by atoms with Crippen LogP contribution in [-0.4, -0.2) is 42.2 Å². The quantitative estimate of drug-likeness (QED) is 0.669. The summed E-state index contributed by atoms with van der Waals surface area (Å²) >= 11 is 0. The summed E-state index contributed by atoms with van der Waals surface area (Å²) in [5.74, 6) is 1.15. The number of aromatic carboxylic acids is 1. The van der Waals surface area contributed by atoms with Gasteiger partial charge < -0.3 is 14.7 Å². The monoisotopic (exact) mass is 307 g/mol. The van der Waals surface area contributed by atoms with Crippen LogP contribution in [0.2, 0.25) is 0 Å². The number of carbonyl (C=O) groups is 1. The Kier molecular flexibility index (Phi) is 7.96. The fraction of sp³-hybridized carbons (Fsp3) is 0.611. The van der Waals surface area contributed by atoms with E-state index in [0.29, 0.717) is 18.4 Å². The number of ether oxygens (including phenoxy) is 1. The topological polar surface area (TPSA) is 49.8 Å². The molecule has 0 heterocycles. The van der Waals surface area contributed by atoms with E-state index in [2.05, 4.69) is 32.6 Å². The highest BCUT2D eigenvalue weighted by atomic mass is 16.5. The van der Waals surface area contributed by atoms with Crippen LogP contribution in [0.1, 0.15) is 44.5 Å². The van der Waals surface area contributed by atoms with E-state index in [-0.39, 0.29) is 5.56 Å².